The molecule has 1 fully saturated rings. The van der Waals surface area contributed by atoms with Crippen LogP contribution in [0.25, 0.3) is 10.8 Å². The molecule has 0 bridgehead atoms. The lowest BCUT2D eigenvalue weighted by Crippen LogP contribution is -2.58. The minimum atomic E-state index is -4.39. The minimum absolute atomic E-state index is 0.0357. The molecule has 34 heavy (non-hydrogen) atoms. The molecular formula is C25H27FN2O5S. The molecule has 3 aromatic rings. The summed E-state index contributed by atoms with van der Waals surface area (Å²) in [6, 6.07) is 15.9. The molecule has 7 nitrogen and oxygen atoms in total. The molecule has 0 saturated carbocycles. The van der Waals surface area contributed by atoms with Gasteiger partial charge in [0.25, 0.3) is 16.0 Å². The van der Waals surface area contributed by atoms with Gasteiger partial charge in [-0.2, -0.15) is 8.42 Å². The Morgan fingerprint density at radius 2 is 1.68 bits per heavy atom. The predicted molar refractivity (Wildman–Crippen MR) is 127 cm³/mol. The van der Waals surface area contributed by atoms with Crippen LogP contribution in [0.15, 0.2) is 65.6 Å². The van der Waals surface area contributed by atoms with Gasteiger partial charge in [-0.1, -0.05) is 36.4 Å². The zero-order chi connectivity index (χ0) is 24.5. The number of amides is 1. The first-order valence-electron chi connectivity index (χ1n) is 11.0. The van der Waals surface area contributed by atoms with Gasteiger partial charge in [0.05, 0.1) is 0 Å². The molecule has 1 N–H and O–H groups in total. The van der Waals surface area contributed by atoms with Crippen molar-refractivity contribution in [2.75, 3.05) is 19.7 Å². The quantitative estimate of drug-likeness (QED) is 0.535. The van der Waals surface area contributed by atoms with Crippen LogP contribution in [0, 0.1) is 5.82 Å². The molecule has 1 heterocycles. The van der Waals surface area contributed by atoms with Crippen LogP contribution in [-0.4, -0.2) is 60.5 Å². The molecule has 3 aromatic carbocycles. The topological polar surface area (TPSA) is 87.2 Å². The average molecular weight is 487 g/mol. The number of fused-ring (bicyclic) bond motifs is 1. The van der Waals surface area contributed by atoms with Gasteiger partial charge >= 0.3 is 0 Å². The number of carbonyl (C=O) groups excluding carboxylic acids is 1. The highest BCUT2D eigenvalue weighted by Gasteiger charge is 2.32. The van der Waals surface area contributed by atoms with Crippen molar-refractivity contribution < 1.29 is 26.9 Å². The van der Waals surface area contributed by atoms with Crippen molar-refractivity contribution in [3.63, 3.8) is 0 Å². The number of ether oxygens (including phenoxy) is 1. The second-order valence-corrected chi connectivity index (χ2v) is 10.1. The van der Waals surface area contributed by atoms with Crippen molar-refractivity contribution >= 4 is 26.8 Å². The minimum Gasteiger partial charge on any atom is -0.483 e. The molecular weight excluding hydrogens is 459 g/mol. The van der Waals surface area contributed by atoms with Gasteiger partial charge in [0.1, 0.15) is 16.5 Å². The lowest BCUT2D eigenvalue weighted by molar-refractivity contribution is -0.139. The average Bonchev–Trinajstić information content (AvgIpc) is 2.80. The number of nitrogens with zero attached hydrogens (tertiary/aromatic N) is 2. The van der Waals surface area contributed by atoms with E-state index >= 15 is 0 Å². The number of hydrogen-bond acceptors (Lipinski definition) is 5. The van der Waals surface area contributed by atoms with Crippen molar-refractivity contribution in [2.45, 2.75) is 37.4 Å². The highest BCUT2D eigenvalue weighted by molar-refractivity contribution is 7.86. The fourth-order valence-corrected chi connectivity index (χ4v) is 5.10. The molecule has 180 valence electrons. The molecule has 4 rings (SSSR count). The second-order valence-electron chi connectivity index (χ2n) is 8.67. The van der Waals surface area contributed by atoms with Gasteiger partial charge in [-0.05, 0) is 43.7 Å². The molecule has 0 aliphatic carbocycles. The number of hydrogen-bond donors (Lipinski definition) is 1. The Morgan fingerprint density at radius 3 is 2.35 bits per heavy atom. The molecule has 1 amide bonds. The first-order valence-corrected chi connectivity index (χ1v) is 12.5. The van der Waals surface area contributed by atoms with Crippen molar-refractivity contribution in [3.05, 3.63) is 72.0 Å². The van der Waals surface area contributed by atoms with E-state index < -0.39 is 10.1 Å². The lowest BCUT2D eigenvalue weighted by atomic mass is 10.1. The van der Waals surface area contributed by atoms with Crippen molar-refractivity contribution in [1.82, 2.24) is 9.80 Å². The fraction of sp³-hybridized carbons (Fsp3) is 0.320. The van der Waals surface area contributed by atoms with Gasteiger partial charge in [-0.3, -0.25) is 14.2 Å². The van der Waals surface area contributed by atoms with Crippen LogP contribution < -0.4 is 4.74 Å². The first kappa shape index (κ1) is 24.1. The van der Waals surface area contributed by atoms with E-state index in [4.69, 9.17) is 4.74 Å². The molecule has 0 aromatic heterocycles. The van der Waals surface area contributed by atoms with Gasteiger partial charge in [0.2, 0.25) is 0 Å². The Hall–Kier alpha value is -3.01. The normalized spacial score (nSPS) is 19.4. The summed E-state index contributed by atoms with van der Waals surface area (Å²) in [7, 11) is -4.39. The third-order valence-corrected chi connectivity index (χ3v) is 7.12. The third-order valence-electron chi connectivity index (χ3n) is 6.21. The number of piperazine rings is 1. The Labute approximate surface area is 198 Å². The van der Waals surface area contributed by atoms with E-state index in [1.54, 1.807) is 41.3 Å². The van der Waals surface area contributed by atoms with Gasteiger partial charge in [0.15, 0.2) is 6.61 Å². The molecule has 1 aliphatic heterocycles. The standard InChI is InChI=1S/C25H27FN2O5S/c1-17-14-28(18(2)13-27(17)15-19-7-9-20(26)10-8-19)25(29)16-33-23-11-12-24(34(30,31)32)22-6-4-3-5-21(22)23/h3-12,17-18H,13-16H2,1-2H3,(H,30,31,32)/t17-,18+/m0/s1. The van der Waals surface area contributed by atoms with Crippen LogP contribution in [0.4, 0.5) is 4.39 Å². The van der Waals surface area contributed by atoms with Gasteiger partial charge < -0.3 is 9.64 Å². The zero-order valence-electron chi connectivity index (χ0n) is 19.0. The maximum atomic E-state index is 13.2. The molecule has 0 radical (unpaired) electrons. The van der Waals surface area contributed by atoms with E-state index in [0.29, 0.717) is 36.2 Å². The summed E-state index contributed by atoms with van der Waals surface area (Å²) < 4.78 is 51.9. The molecule has 1 saturated heterocycles. The van der Waals surface area contributed by atoms with Crippen LogP contribution in [0.1, 0.15) is 19.4 Å². The SMILES string of the molecule is C[C@@H]1CN(Cc2ccc(F)cc2)[C@@H](C)CN1C(=O)COc1ccc(S(=O)(=O)O)c2ccccc12. The molecule has 1 aliphatic rings. The Kier molecular flexibility index (Phi) is 6.88. The van der Waals surface area contributed by atoms with Crippen molar-refractivity contribution in [2.24, 2.45) is 0 Å². The van der Waals surface area contributed by atoms with E-state index in [-0.39, 0.29) is 35.3 Å². The summed E-state index contributed by atoms with van der Waals surface area (Å²) in [5.74, 6) is -0.0586. The predicted octanol–water partition coefficient (Wildman–Crippen LogP) is 3.73. The highest BCUT2D eigenvalue weighted by atomic mass is 32.2. The zero-order valence-corrected chi connectivity index (χ0v) is 19.8. The Balaban J connectivity index is 1.43. The van der Waals surface area contributed by atoms with Crippen LogP contribution >= 0.6 is 0 Å². The summed E-state index contributed by atoms with van der Waals surface area (Å²) in [5.41, 5.74) is 1.02. The summed E-state index contributed by atoms with van der Waals surface area (Å²) in [6.07, 6.45) is 0. The van der Waals surface area contributed by atoms with E-state index in [2.05, 4.69) is 11.8 Å². The van der Waals surface area contributed by atoms with E-state index in [0.717, 1.165) is 5.56 Å². The Morgan fingerprint density at radius 1 is 1.00 bits per heavy atom. The lowest BCUT2D eigenvalue weighted by Gasteiger charge is -2.44. The largest absolute Gasteiger partial charge is 0.483 e. The maximum Gasteiger partial charge on any atom is 0.295 e. The van der Waals surface area contributed by atoms with Crippen molar-refractivity contribution in [1.29, 1.82) is 0 Å². The van der Waals surface area contributed by atoms with E-state index in [9.17, 15) is 22.2 Å². The summed E-state index contributed by atoms with van der Waals surface area (Å²) >= 11 is 0. The molecule has 2 atom stereocenters. The van der Waals surface area contributed by atoms with Crippen LogP contribution in [0.3, 0.4) is 0 Å². The highest BCUT2D eigenvalue weighted by Crippen LogP contribution is 2.31. The van der Waals surface area contributed by atoms with E-state index in [1.165, 1.54) is 24.3 Å². The van der Waals surface area contributed by atoms with Crippen LogP contribution in [0.2, 0.25) is 0 Å². The molecule has 0 spiro atoms. The Bertz CT molecular complexity index is 1300. The van der Waals surface area contributed by atoms with Crippen LogP contribution in [-0.2, 0) is 21.5 Å². The van der Waals surface area contributed by atoms with E-state index in [1.807, 2.05) is 6.92 Å². The van der Waals surface area contributed by atoms with Crippen molar-refractivity contribution in [3.8, 4) is 5.75 Å². The summed E-state index contributed by atoms with van der Waals surface area (Å²) in [5, 5.41) is 0.822. The molecule has 0 unspecified atom stereocenters. The smallest absolute Gasteiger partial charge is 0.295 e. The van der Waals surface area contributed by atoms with Crippen LogP contribution in [0.5, 0.6) is 5.75 Å². The van der Waals surface area contributed by atoms with Gasteiger partial charge in [0, 0.05) is 42.5 Å². The summed E-state index contributed by atoms with van der Waals surface area (Å²) in [4.78, 5) is 16.9. The summed E-state index contributed by atoms with van der Waals surface area (Å²) in [6.45, 7) is 5.74. The molecule has 9 heteroatoms. The maximum absolute atomic E-state index is 13.2. The number of benzene rings is 3. The fourth-order valence-electron chi connectivity index (χ4n) is 4.41. The number of halogens is 1. The second kappa shape index (κ2) is 9.69. The number of rotatable bonds is 6. The monoisotopic (exact) mass is 486 g/mol. The third kappa shape index (κ3) is 5.22. The first-order chi connectivity index (χ1) is 16.1. The van der Waals surface area contributed by atoms with Gasteiger partial charge in [-0.25, -0.2) is 4.39 Å². The number of carbonyl (C=O) groups is 1. The van der Waals surface area contributed by atoms with Gasteiger partial charge in [-0.15, -0.1) is 0 Å².